The zero-order valence-electron chi connectivity index (χ0n) is 20.4. The summed E-state index contributed by atoms with van der Waals surface area (Å²) in [6.45, 7) is 6.95. The van der Waals surface area contributed by atoms with Crippen molar-refractivity contribution in [1.82, 2.24) is 15.5 Å². The number of carboxylic acids is 1. The average Bonchev–Trinajstić information content (AvgIpc) is 3.01. The number of carbonyl (C=O) groups excluding carboxylic acids is 3. The minimum absolute atomic E-state index is 0.170. The summed E-state index contributed by atoms with van der Waals surface area (Å²) in [5, 5.41) is 15.1. The monoisotopic (exact) mass is 493 g/mol. The van der Waals surface area contributed by atoms with Crippen LogP contribution < -0.4 is 10.6 Å². The fraction of sp³-hybridized carbons (Fsp3) is 0.583. The molecule has 0 aromatic heterocycles. The number of carboxylic acid groups (broad SMARTS) is 1. The van der Waals surface area contributed by atoms with Crippen LogP contribution in [0.2, 0.25) is 0 Å². The normalized spacial score (nSPS) is 19.9. The Morgan fingerprint density at radius 2 is 1.88 bits per heavy atom. The molecule has 2 rings (SSSR count). The van der Waals surface area contributed by atoms with Gasteiger partial charge in [-0.15, -0.1) is 0 Å². The molecule has 10 heteroatoms. The fourth-order valence-electron chi connectivity index (χ4n) is 3.90. The lowest BCUT2D eigenvalue weighted by Gasteiger charge is -2.29. The lowest BCUT2D eigenvalue weighted by atomic mass is 10.0. The maximum absolute atomic E-state index is 13.2. The van der Waals surface area contributed by atoms with E-state index < -0.39 is 47.6 Å². The van der Waals surface area contributed by atoms with E-state index in [9.17, 15) is 24.3 Å². The number of hydrogen-bond donors (Lipinski definition) is 3. The predicted octanol–water partition coefficient (Wildman–Crippen LogP) is 2.43. The average molecular weight is 494 g/mol. The third-order valence-corrected chi connectivity index (χ3v) is 6.08. The maximum Gasteiger partial charge on any atom is 0.408 e. The number of rotatable bonds is 10. The molecule has 1 unspecified atom stereocenters. The molecule has 0 bridgehead atoms. The molecule has 0 aliphatic carbocycles. The minimum atomic E-state index is -1.10. The molecule has 1 aliphatic heterocycles. The van der Waals surface area contributed by atoms with Gasteiger partial charge in [0, 0.05) is 12.5 Å². The second kappa shape index (κ2) is 12.1. The van der Waals surface area contributed by atoms with Gasteiger partial charge in [-0.25, -0.2) is 9.59 Å². The maximum atomic E-state index is 13.2. The largest absolute Gasteiger partial charge is 0.480 e. The molecule has 34 heavy (non-hydrogen) atoms. The second-order valence-corrected chi connectivity index (χ2v) is 10.4. The first-order valence-corrected chi connectivity index (χ1v) is 12.7. The summed E-state index contributed by atoms with van der Waals surface area (Å²) in [7, 11) is 0. The molecule has 1 aliphatic rings. The van der Waals surface area contributed by atoms with Crippen molar-refractivity contribution in [2.75, 3.05) is 12.0 Å². The molecular formula is C24H35N3O6S. The smallest absolute Gasteiger partial charge is 0.408 e. The van der Waals surface area contributed by atoms with Crippen molar-refractivity contribution >= 4 is 35.6 Å². The fourth-order valence-corrected chi connectivity index (χ4v) is 4.37. The van der Waals surface area contributed by atoms with Gasteiger partial charge in [-0.1, -0.05) is 30.3 Å². The van der Waals surface area contributed by atoms with Gasteiger partial charge < -0.3 is 25.4 Å². The highest BCUT2D eigenvalue weighted by molar-refractivity contribution is 7.98. The zero-order valence-corrected chi connectivity index (χ0v) is 21.2. The van der Waals surface area contributed by atoms with Gasteiger partial charge in [-0.2, -0.15) is 11.8 Å². The van der Waals surface area contributed by atoms with Crippen molar-refractivity contribution in [2.24, 2.45) is 0 Å². The number of carbonyl (C=O) groups is 4. The van der Waals surface area contributed by atoms with Crippen molar-refractivity contribution in [3.8, 4) is 0 Å². The van der Waals surface area contributed by atoms with Crippen molar-refractivity contribution < 1.29 is 29.0 Å². The van der Waals surface area contributed by atoms with Gasteiger partial charge in [0.05, 0.1) is 0 Å². The summed E-state index contributed by atoms with van der Waals surface area (Å²) in [5.41, 5.74) is 0.0908. The Morgan fingerprint density at radius 3 is 2.44 bits per heavy atom. The molecule has 4 atom stereocenters. The Hall–Kier alpha value is -2.75. The first-order chi connectivity index (χ1) is 15.9. The summed E-state index contributed by atoms with van der Waals surface area (Å²) in [4.78, 5) is 51.7. The lowest BCUT2D eigenvalue weighted by Crippen LogP contribution is -2.53. The number of ether oxygens (including phenoxy) is 1. The summed E-state index contributed by atoms with van der Waals surface area (Å²) < 4.78 is 5.26. The summed E-state index contributed by atoms with van der Waals surface area (Å²) in [6.07, 6.45) is 1.99. The molecule has 1 heterocycles. The molecule has 0 spiro atoms. The SMILES string of the molecule is CSCC[C@H](NC(=O)OC(C)(C)C)C(=O)N[C@H]1CC(C)N([C@@H](Cc2ccccc2)C(=O)O)C1=O. The molecular weight excluding hydrogens is 458 g/mol. The van der Waals surface area contributed by atoms with Gasteiger partial charge in [0.25, 0.3) is 0 Å². The Labute approximate surface area is 205 Å². The Morgan fingerprint density at radius 1 is 1.24 bits per heavy atom. The third kappa shape index (κ3) is 7.93. The van der Waals surface area contributed by atoms with Crippen LogP contribution in [0.1, 0.15) is 46.1 Å². The van der Waals surface area contributed by atoms with E-state index in [2.05, 4.69) is 10.6 Å². The van der Waals surface area contributed by atoms with Crippen LogP contribution in [0.15, 0.2) is 30.3 Å². The number of benzene rings is 1. The Kier molecular flexibility index (Phi) is 9.78. The van der Waals surface area contributed by atoms with Crippen LogP contribution in [-0.2, 0) is 25.5 Å². The molecule has 0 saturated carbocycles. The summed E-state index contributed by atoms with van der Waals surface area (Å²) in [5.74, 6) is -1.42. The van der Waals surface area contributed by atoms with Crippen LogP contribution in [-0.4, -0.2) is 75.7 Å². The van der Waals surface area contributed by atoms with Gasteiger partial charge in [0.15, 0.2) is 0 Å². The lowest BCUT2D eigenvalue weighted by molar-refractivity contribution is -0.150. The summed E-state index contributed by atoms with van der Waals surface area (Å²) >= 11 is 1.53. The number of thioether (sulfide) groups is 1. The van der Waals surface area contributed by atoms with Gasteiger partial charge in [-0.05, 0) is 58.1 Å². The summed E-state index contributed by atoms with van der Waals surface area (Å²) in [6, 6.07) is 5.96. The van der Waals surface area contributed by atoms with Crippen LogP contribution in [0.3, 0.4) is 0 Å². The quantitative estimate of drug-likeness (QED) is 0.457. The van der Waals surface area contributed by atoms with E-state index >= 15 is 0 Å². The number of alkyl carbamates (subject to hydrolysis) is 1. The number of nitrogens with one attached hydrogen (secondary N) is 2. The number of aliphatic carboxylic acids is 1. The van der Waals surface area contributed by atoms with E-state index in [1.54, 1.807) is 27.7 Å². The van der Waals surface area contributed by atoms with Gasteiger partial charge in [0.1, 0.15) is 23.7 Å². The number of amides is 3. The molecule has 0 radical (unpaired) electrons. The third-order valence-electron chi connectivity index (χ3n) is 5.43. The van der Waals surface area contributed by atoms with Crippen molar-refractivity contribution in [2.45, 2.75) is 76.7 Å². The highest BCUT2D eigenvalue weighted by Gasteiger charge is 2.44. The van der Waals surface area contributed by atoms with Gasteiger partial charge in [0.2, 0.25) is 11.8 Å². The minimum Gasteiger partial charge on any atom is -0.480 e. The molecule has 3 amide bonds. The van der Waals surface area contributed by atoms with E-state index in [-0.39, 0.29) is 18.9 Å². The molecule has 188 valence electrons. The molecule has 3 N–H and O–H groups in total. The van der Waals surface area contributed by atoms with E-state index in [1.165, 1.54) is 16.7 Å². The first-order valence-electron chi connectivity index (χ1n) is 11.3. The van der Waals surface area contributed by atoms with E-state index in [1.807, 2.05) is 36.6 Å². The topological polar surface area (TPSA) is 125 Å². The highest BCUT2D eigenvalue weighted by atomic mass is 32.2. The Balaban J connectivity index is 2.10. The number of nitrogens with zero attached hydrogens (tertiary/aromatic N) is 1. The predicted molar refractivity (Wildman–Crippen MR) is 131 cm³/mol. The van der Waals surface area contributed by atoms with Crippen LogP contribution in [0.5, 0.6) is 0 Å². The van der Waals surface area contributed by atoms with Gasteiger partial charge >= 0.3 is 12.1 Å². The zero-order chi connectivity index (χ0) is 25.5. The Bertz CT molecular complexity index is 873. The molecule has 9 nitrogen and oxygen atoms in total. The molecule has 1 saturated heterocycles. The van der Waals surface area contributed by atoms with Crippen molar-refractivity contribution in [1.29, 1.82) is 0 Å². The van der Waals surface area contributed by atoms with E-state index in [0.29, 0.717) is 12.2 Å². The number of hydrogen-bond acceptors (Lipinski definition) is 6. The van der Waals surface area contributed by atoms with Gasteiger partial charge in [-0.3, -0.25) is 9.59 Å². The van der Waals surface area contributed by atoms with Crippen molar-refractivity contribution in [3.05, 3.63) is 35.9 Å². The van der Waals surface area contributed by atoms with Crippen LogP contribution in [0.4, 0.5) is 4.79 Å². The molecule has 1 aromatic carbocycles. The van der Waals surface area contributed by atoms with Crippen LogP contribution in [0, 0.1) is 0 Å². The van der Waals surface area contributed by atoms with E-state index in [0.717, 1.165) is 5.56 Å². The molecule has 1 fully saturated rings. The van der Waals surface area contributed by atoms with E-state index in [4.69, 9.17) is 4.74 Å². The van der Waals surface area contributed by atoms with Crippen molar-refractivity contribution in [3.63, 3.8) is 0 Å². The second-order valence-electron chi connectivity index (χ2n) is 9.42. The first kappa shape index (κ1) is 27.5. The standard InChI is InChI=1S/C24H35N3O6S/c1-15-13-18(21(29)27(15)19(22(30)31)14-16-9-7-6-8-10-16)25-20(28)17(11-12-34-5)26-23(32)33-24(2,3)4/h6-10,15,17-19H,11-14H2,1-5H3,(H,25,28)(H,26,32)(H,30,31)/t15?,17-,18-,19-/m0/s1. The van der Waals surface area contributed by atoms with Crippen LogP contribution >= 0.6 is 11.8 Å². The number of likely N-dealkylation sites (tertiary alicyclic amines) is 1. The highest BCUT2D eigenvalue weighted by Crippen LogP contribution is 2.24. The van der Waals surface area contributed by atoms with Crippen LogP contribution in [0.25, 0.3) is 0 Å². The molecule has 1 aromatic rings.